The van der Waals surface area contributed by atoms with Gasteiger partial charge >= 0.3 is 5.69 Å². The summed E-state index contributed by atoms with van der Waals surface area (Å²) in [6.07, 6.45) is 3.16. The molecule has 4 rings (SSSR count). The minimum atomic E-state index is -3.36. The van der Waals surface area contributed by atoms with Crippen LogP contribution in [0.3, 0.4) is 0 Å². The molecule has 0 saturated carbocycles. The van der Waals surface area contributed by atoms with Gasteiger partial charge in [0.05, 0.1) is 23.4 Å². The molecule has 1 aliphatic rings. The maximum Gasteiger partial charge on any atom is 0.330 e. The zero-order valence-corrected chi connectivity index (χ0v) is 17.5. The van der Waals surface area contributed by atoms with Gasteiger partial charge in [-0.3, -0.25) is 9.13 Å². The van der Waals surface area contributed by atoms with Crippen molar-refractivity contribution in [1.82, 2.24) is 18.4 Å². The fraction of sp³-hybridized carbons (Fsp3) is 0.429. The number of fused-ring (bicyclic) bond motifs is 1. The summed E-state index contributed by atoms with van der Waals surface area (Å²) in [6, 6.07) is 13.3. The summed E-state index contributed by atoms with van der Waals surface area (Å²) < 4.78 is 30.3. The van der Waals surface area contributed by atoms with E-state index in [0.717, 1.165) is 23.9 Å². The Morgan fingerprint density at radius 2 is 1.90 bits per heavy atom. The highest BCUT2D eigenvalue weighted by Crippen LogP contribution is 2.27. The molecular formula is C21H26N4O3S. The second-order valence-corrected chi connectivity index (χ2v) is 10.3. The predicted octanol–water partition coefficient (Wildman–Crippen LogP) is 2.62. The summed E-state index contributed by atoms with van der Waals surface area (Å²) in [5, 5.41) is -0.476. The van der Waals surface area contributed by atoms with Crippen molar-refractivity contribution in [1.29, 1.82) is 0 Å². The van der Waals surface area contributed by atoms with E-state index in [1.165, 1.54) is 4.31 Å². The predicted molar refractivity (Wildman–Crippen MR) is 113 cm³/mol. The van der Waals surface area contributed by atoms with Crippen LogP contribution in [-0.2, 0) is 16.6 Å². The second-order valence-electron chi connectivity index (χ2n) is 7.82. The van der Waals surface area contributed by atoms with Gasteiger partial charge in [-0.25, -0.2) is 18.2 Å². The van der Waals surface area contributed by atoms with Crippen LogP contribution < -0.4 is 5.69 Å². The zero-order valence-electron chi connectivity index (χ0n) is 16.7. The topological polar surface area (TPSA) is 77.2 Å². The Labute approximate surface area is 170 Å². The van der Waals surface area contributed by atoms with Crippen LogP contribution in [0.1, 0.15) is 38.3 Å². The van der Waals surface area contributed by atoms with Crippen LogP contribution >= 0.6 is 0 Å². The van der Waals surface area contributed by atoms with Crippen LogP contribution in [0.25, 0.3) is 11.2 Å². The molecule has 1 aromatic carbocycles. The summed E-state index contributed by atoms with van der Waals surface area (Å²) in [4.78, 5) is 17.9. The molecule has 3 aromatic rings. The highest BCUT2D eigenvalue weighted by atomic mass is 32.2. The van der Waals surface area contributed by atoms with E-state index in [9.17, 15) is 13.2 Å². The fourth-order valence-electron chi connectivity index (χ4n) is 4.02. The summed E-state index contributed by atoms with van der Waals surface area (Å²) in [6.45, 7) is 4.65. The van der Waals surface area contributed by atoms with Crippen LogP contribution in [0, 0.1) is 0 Å². The monoisotopic (exact) mass is 414 g/mol. The largest absolute Gasteiger partial charge is 0.330 e. The normalized spacial score (nSPS) is 18.5. The van der Waals surface area contributed by atoms with Crippen LogP contribution in [0.15, 0.2) is 53.5 Å². The lowest BCUT2D eigenvalue weighted by atomic mass is 10.1. The summed E-state index contributed by atoms with van der Waals surface area (Å²) >= 11 is 0. The summed E-state index contributed by atoms with van der Waals surface area (Å²) in [5.74, 6) is 0. The molecule has 29 heavy (non-hydrogen) atoms. The number of imidazole rings is 1. The van der Waals surface area contributed by atoms with Crippen LogP contribution in [-0.4, -0.2) is 45.2 Å². The van der Waals surface area contributed by atoms with Crippen molar-refractivity contribution in [2.24, 2.45) is 0 Å². The molecule has 0 bridgehead atoms. The van der Waals surface area contributed by atoms with Gasteiger partial charge in [-0.2, -0.15) is 4.31 Å². The number of piperidine rings is 1. The lowest BCUT2D eigenvalue weighted by molar-refractivity contribution is 0.264. The third-order valence-corrected chi connectivity index (χ3v) is 7.83. The minimum Gasteiger partial charge on any atom is -0.286 e. The van der Waals surface area contributed by atoms with Gasteiger partial charge in [0.15, 0.2) is 5.65 Å². The molecule has 1 aliphatic heterocycles. The first kappa shape index (κ1) is 19.8. The van der Waals surface area contributed by atoms with Gasteiger partial charge in [-0.1, -0.05) is 30.3 Å². The molecule has 0 radical (unpaired) electrons. The van der Waals surface area contributed by atoms with Gasteiger partial charge in [0.25, 0.3) is 0 Å². The molecule has 0 N–H and O–H groups in total. The maximum atomic E-state index is 13.4. The number of rotatable bonds is 5. The van der Waals surface area contributed by atoms with Crippen molar-refractivity contribution in [2.75, 3.05) is 13.1 Å². The lowest BCUT2D eigenvalue weighted by Crippen LogP contribution is -2.45. The van der Waals surface area contributed by atoms with Gasteiger partial charge in [0.2, 0.25) is 10.0 Å². The third-order valence-electron chi connectivity index (χ3n) is 5.59. The van der Waals surface area contributed by atoms with E-state index >= 15 is 0 Å². The quantitative estimate of drug-likeness (QED) is 0.643. The number of hydrogen-bond donors (Lipinski definition) is 0. The van der Waals surface area contributed by atoms with Crippen molar-refractivity contribution < 1.29 is 8.42 Å². The minimum absolute atomic E-state index is 0.142. The molecule has 1 atom stereocenters. The Balaban J connectivity index is 1.76. The zero-order chi connectivity index (χ0) is 20.6. The Bertz CT molecular complexity index is 1170. The molecule has 2 aromatic heterocycles. The standard InChI is InChI=1S/C21H26N4O3S/c1-16(2)29(27,28)23-13-7-10-18(15-23)25-20-19(11-6-12-22-20)24(21(25)26)14-17-8-4-3-5-9-17/h3-6,8-9,11-12,16,18H,7,10,13-15H2,1-2H3/t18-/m0/s1. The first-order chi connectivity index (χ1) is 13.9. The fourth-order valence-corrected chi connectivity index (χ4v) is 5.38. The number of pyridine rings is 1. The van der Waals surface area contributed by atoms with Gasteiger partial charge in [0, 0.05) is 19.3 Å². The van der Waals surface area contributed by atoms with Crippen LogP contribution in [0.5, 0.6) is 0 Å². The van der Waals surface area contributed by atoms with Crippen LogP contribution in [0.2, 0.25) is 0 Å². The van der Waals surface area contributed by atoms with E-state index in [4.69, 9.17) is 0 Å². The smallest absolute Gasteiger partial charge is 0.286 e. The summed E-state index contributed by atoms with van der Waals surface area (Å²) in [7, 11) is -3.36. The van der Waals surface area contributed by atoms with Crippen molar-refractivity contribution in [3.05, 3.63) is 64.7 Å². The molecular weight excluding hydrogens is 388 g/mol. The Kier molecular flexibility index (Phi) is 5.31. The average molecular weight is 415 g/mol. The molecule has 1 saturated heterocycles. The number of aromatic nitrogens is 3. The number of benzene rings is 1. The van der Waals surface area contributed by atoms with E-state index in [1.54, 1.807) is 29.2 Å². The molecule has 154 valence electrons. The Morgan fingerprint density at radius 1 is 1.14 bits per heavy atom. The van der Waals surface area contributed by atoms with Gasteiger partial charge in [0.1, 0.15) is 0 Å². The first-order valence-electron chi connectivity index (χ1n) is 9.98. The highest BCUT2D eigenvalue weighted by molar-refractivity contribution is 7.89. The highest BCUT2D eigenvalue weighted by Gasteiger charge is 2.33. The number of sulfonamides is 1. The van der Waals surface area contributed by atoms with Gasteiger partial charge in [-0.05, 0) is 44.4 Å². The van der Waals surface area contributed by atoms with Crippen molar-refractivity contribution in [3.63, 3.8) is 0 Å². The summed E-state index contributed by atoms with van der Waals surface area (Å²) in [5.41, 5.74) is 2.27. The second kappa shape index (κ2) is 7.76. The van der Waals surface area contributed by atoms with E-state index in [1.807, 2.05) is 42.5 Å². The van der Waals surface area contributed by atoms with E-state index < -0.39 is 15.3 Å². The van der Waals surface area contributed by atoms with Crippen LogP contribution in [0.4, 0.5) is 0 Å². The Hall–Kier alpha value is -2.45. The molecule has 1 fully saturated rings. The molecule has 0 aliphatic carbocycles. The van der Waals surface area contributed by atoms with E-state index in [-0.39, 0.29) is 11.7 Å². The van der Waals surface area contributed by atoms with Gasteiger partial charge in [-0.15, -0.1) is 0 Å². The first-order valence-corrected chi connectivity index (χ1v) is 11.5. The molecule has 7 nitrogen and oxygen atoms in total. The van der Waals surface area contributed by atoms with Crippen molar-refractivity contribution >= 4 is 21.2 Å². The van der Waals surface area contributed by atoms with E-state index in [0.29, 0.717) is 25.3 Å². The van der Waals surface area contributed by atoms with E-state index in [2.05, 4.69) is 4.98 Å². The van der Waals surface area contributed by atoms with Gasteiger partial charge < -0.3 is 0 Å². The average Bonchev–Trinajstić information content (AvgIpc) is 3.00. The lowest BCUT2D eigenvalue weighted by Gasteiger charge is -2.33. The molecule has 8 heteroatoms. The molecule has 0 unspecified atom stereocenters. The SMILES string of the molecule is CC(C)S(=O)(=O)N1CCC[C@H](n2c(=O)n(Cc3ccccc3)c3cccnc32)C1. The molecule has 0 amide bonds. The maximum absolute atomic E-state index is 13.4. The number of hydrogen-bond acceptors (Lipinski definition) is 4. The molecule has 3 heterocycles. The molecule has 0 spiro atoms. The Morgan fingerprint density at radius 3 is 2.62 bits per heavy atom. The van der Waals surface area contributed by atoms with Crippen molar-refractivity contribution in [3.8, 4) is 0 Å². The van der Waals surface area contributed by atoms with Crippen molar-refractivity contribution in [2.45, 2.75) is 44.5 Å². The third kappa shape index (κ3) is 3.62. The number of nitrogens with zero attached hydrogens (tertiary/aromatic N) is 4.